The summed E-state index contributed by atoms with van der Waals surface area (Å²) in [5.74, 6) is 1.13. The number of carbonyl (C=O) groups excluding carboxylic acids is 1. The van der Waals surface area contributed by atoms with Crippen LogP contribution < -0.4 is 19.1 Å². The number of sulfonamides is 1. The van der Waals surface area contributed by atoms with Gasteiger partial charge in [-0.3, -0.25) is 9.10 Å². The van der Waals surface area contributed by atoms with Crippen molar-refractivity contribution in [2.45, 2.75) is 26.3 Å². The smallest absolute Gasteiger partial charge is 0.251 e. The maximum atomic E-state index is 12.6. The van der Waals surface area contributed by atoms with Gasteiger partial charge in [-0.05, 0) is 55.7 Å². The number of rotatable bonds is 7. The van der Waals surface area contributed by atoms with Gasteiger partial charge in [0, 0.05) is 18.7 Å². The van der Waals surface area contributed by atoms with E-state index in [0.717, 1.165) is 12.0 Å². The van der Waals surface area contributed by atoms with Gasteiger partial charge in [-0.2, -0.15) is 0 Å². The zero-order valence-electron chi connectivity index (χ0n) is 16.7. The summed E-state index contributed by atoms with van der Waals surface area (Å²) < 4.78 is 36.9. The van der Waals surface area contributed by atoms with Crippen molar-refractivity contribution < 1.29 is 22.7 Å². The zero-order valence-corrected chi connectivity index (χ0v) is 17.5. The van der Waals surface area contributed by atoms with Gasteiger partial charge in [-0.1, -0.05) is 12.1 Å². The molecule has 0 atom stereocenters. The summed E-state index contributed by atoms with van der Waals surface area (Å²) >= 11 is 0. The van der Waals surface area contributed by atoms with E-state index in [1.165, 1.54) is 4.31 Å². The summed E-state index contributed by atoms with van der Waals surface area (Å²) in [7, 11) is -1.74. The first kappa shape index (κ1) is 21.0. The predicted molar refractivity (Wildman–Crippen MR) is 112 cm³/mol. The molecule has 0 spiro atoms. The Balaban J connectivity index is 1.71. The third-order valence-corrected chi connectivity index (χ3v) is 6.60. The molecular formula is C21H26N2O5S. The number of anilines is 1. The second-order valence-corrected chi connectivity index (χ2v) is 8.76. The highest BCUT2D eigenvalue weighted by Gasteiger charge is 2.26. The lowest BCUT2D eigenvalue weighted by molar-refractivity contribution is 0.0951. The summed E-state index contributed by atoms with van der Waals surface area (Å²) in [6, 6.07) is 12.2. The molecule has 3 rings (SSSR count). The highest BCUT2D eigenvalue weighted by atomic mass is 32.2. The molecule has 2 aromatic rings. The molecular weight excluding hydrogens is 392 g/mol. The van der Waals surface area contributed by atoms with E-state index in [9.17, 15) is 13.2 Å². The van der Waals surface area contributed by atoms with Gasteiger partial charge in [0.15, 0.2) is 11.5 Å². The quantitative estimate of drug-likeness (QED) is 0.747. The molecule has 1 amide bonds. The van der Waals surface area contributed by atoms with E-state index >= 15 is 0 Å². The molecule has 8 heteroatoms. The third kappa shape index (κ3) is 5.00. The van der Waals surface area contributed by atoms with Gasteiger partial charge in [0.25, 0.3) is 5.91 Å². The summed E-state index contributed by atoms with van der Waals surface area (Å²) in [4.78, 5) is 12.6. The van der Waals surface area contributed by atoms with Crippen LogP contribution in [-0.4, -0.2) is 40.3 Å². The Labute approximate surface area is 171 Å². The van der Waals surface area contributed by atoms with E-state index in [-0.39, 0.29) is 11.7 Å². The van der Waals surface area contributed by atoms with E-state index < -0.39 is 10.0 Å². The minimum atomic E-state index is -3.32. The molecule has 0 radical (unpaired) electrons. The molecule has 1 fully saturated rings. The molecule has 1 N–H and O–H groups in total. The van der Waals surface area contributed by atoms with Crippen molar-refractivity contribution in [3.8, 4) is 11.5 Å². The number of nitrogens with zero attached hydrogens (tertiary/aromatic N) is 1. The minimum absolute atomic E-state index is 0.142. The van der Waals surface area contributed by atoms with Crippen molar-refractivity contribution in [1.29, 1.82) is 0 Å². The number of ether oxygens (including phenoxy) is 2. The van der Waals surface area contributed by atoms with Crippen LogP contribution in [0.15, 0.2) is 42.5 Å². The molecule has 1 saturated heterocycles. The molecule has 0 saturated carbocycles. The standard InChI is InChI=1S/C21H26N2O5S/c1-3-28-20-13-16(9-10-19(20)27-2)15-22-21(24)17-7-6-8-18(14-17)23-11-4-5-12-29(23,25)26/h6-10,13-14H,3-5,11-12,15H2,1-2H3,(H,22,24). The number of hydrogen-bond donors (Lipinski definition) is 1. The van der Waals surface area contributed by atoms with E-state index in [2.05, 4.69) is 5.32 Å². The van der Waals surface area contributed by atoms with E-state index in [0.29, 0.717) is 48.9 Å². The maximum Gasteiger partial charge on any atom is 0.251 e. The molecule has 0 bridgehead atoms. The number of methoxy groups -OCH3 is 1. The summed E-state index contributed by atoms with van der Waals surface area (Å²) in [6.45, 7) is 3.16. The minimum Gasteiger partial charge on any atom is -0.493 e. The fourth-order valence-corrected chi connectivity index (χ4v) is 4.90. The second-order valence-electron chi connectivity index (χ2n) is 6.75. The van der Waals surface area contributed by atoms with Crippen molar-refractivity contribution in [3.63, 3.8) is 0 Å². The van der Waals surface area contributed by atoms with E-state index in [4.69, 9.17) is 9.47 Å². The molecule has 2 aromatic carbocycles. The van der Waals surface area contributed by atoms with Crippen molar-refractivity contribution in [1.82, 2.24) is 5.32 Å². The topological polar surface area (TPSA) is 84.9 Å². The van der Waals surface area contributed by atoms with Gasteiger partial charge < -0.3 is 14.8 Å². The number of amides is 1. The molecule has 7 nitrogen and oxygen atoms in total. The van der Waals surface area contributed by atoms with Gasteiger partial charge >= 0.3 is 0 Å². The molecule has 0 aromatic heterocycles. The molecule has 1 aliphatic heterocycles. The molecule has 1 aliphatic rings. The normalized spacial score (nSPS) is 15.6. The van der Waals surface area contributed by atoms with Gasteiger partial charge in [0.05, 0.1) is 25.2 Å². The van der Waals surface area contributed by atoms with Crippen molar-refractivity contribution >= 4 is 21.6 Å². The molecule has 0 unspecified atom stereocenters. The lowest BCUT2D eigenvalue weighted by Gasteiger charge is -2.28. The van der Waals surface area contributed by atoms with Gasteiger partial charge in [0.2, 0.25) is 10.0 Å². The highest BCUT2D eigenvalue weighted by molar-refractivity contribution is 7.92. The van der Waals surface area contributed by atoms with Crippen LogP contribution in [0.1, 0.15) is 35.7 Å². The van der Waals surface area contributed by atoms with Crippen LogP contribution in [0.2, 0.25) is 0 Å². The number of nitrogens with one attached hydrogen (secondary N) is 1. The highest BCUT2D eigenvalue weighted by Crippen LogP contribution is 2.28. The van der Waals surface area contributed by atoms with Crippen LogP contribution in [-0.2, 0) is 16.6 Å². The molecule has 156 valence electrons. The Kier molecular flexibility index (Phi) is 6.64. The first-order chi connectivity index (χ1) is 13.9. The Bertz CT molecular complexity index is 975. The van der Waals surface area contributed by atoms with Crippen LogP contribution >= 0.6 is 0 Å². The van der Waals surface area contributed by atoms with Crippen molar-refractivity contribution in [2.75, 3.05) is 30.3 Å². The van der Waals surface area contributed by atoms with Crippen LogP contribution in [0, 0.1) is 0 Å². The first-order valence-corrected chi connectivity index (χ1v) is 11.2. The van der Waals surface area contributed by atoms with Crippen molar-refractivity contribution in [3.05, 3.63) is 53.6 Å². The monoisotopic (exact) mass is 418 g/mol. The second kappa shape index (κ2) is 9.17. The van der Waals surface area contributed by atoms with Crippen LogP contribution in [0.25, 0.3) is 0 Å². The summed E-state index contributed by atoms with van der Waals surface area (Å²) in [5.41, 5.74) is 1.82. The Morgan fingerprint density at radius 3 is 2.69 bits per heavy atom. The Morgan fingerprint density at radius 1 is 1.14 bits per heavy atom. The van der Waals surface area contributed by atoms with Crippen LogP contribution in [0.4, 0.5) is 5.69 Å². The zero-order chi connectivity index (χ0) is 20.9. The van der Waals surface area contributed by atoms with Gasteiger partial charge in [-0.25, -0.2) is 8.42 Å². The summed E-state index contributed by atoms with van der Waals surface area (Å²) in [6.07, 6.45) is 1.49. The van der Waals surface area contributed by atoms with Crippen LogP contribution in [0.3, 0.4) is 0 Å². The lowest BCUT2D eigenvalue weighted by Crippen LogP contribution is -2.38. The van der Waals surface area contributed by atoms with Crippen LogP contribution in [0.5, 0.6) is 11.5 Å². The molecule has 29 heavy (non-hydrogen) atoms. The largest absolute Gasteiger partial charge is 0.493 e. The third-order valence-electron chi connectivity index (χ3n) is 4.73. The van der Waals surface area contributed by atoms with Gasteiger partial charge in [0.1, 0.15) is 0 Å². The average Bonchev–Trinajstić information content (AvgIpc) is 2.72. The summed E-state index contributed by atoms with van der Waals surface area (Å²) in [5, 5.41) is 2.87. The molecule has 1 heterocycles. The average molecular weight is 419 g/mol. The van der Waals surface area contributed by atoms with E-state index in [1.807, 2.05) is 19.1 Å². The van der Waals surface area contributed by atoms with Gasteiger partial charge in [-0.15, -0.1) is 0 Å². The molecule has 0 aliphatic carbocycles. The van der Waals surface area contributed by atoms with E-state index in [1.54, 1.807) is 37.4 Å². The number of benzene rings is 2. The fraction of sp³-hybridized carbons (Fsp3) is 0.381. The number of carbonyl (C=O) groups is 1. The maximum absolute atomic E-state index is 12.6. The first-order valence-electron chi connectivity index (χ1n) is 9.63. The predicted octanol–water partition coefficient (Wildman–Crippen LogP) is 2.95. The number of hydrogen-bond acceptors (Lipinski definition) is 5. The Morgan fingerprint density at radius 2 is 1.97 bits per heavy atom. The Hall–Kier alpha value is -2.74. The lowest BCUT2D eigenvalue weighted by atomic mass is 10.1. The fourth-order valence-electron chi connectivity index (χ4n) is 3.26. The SMILES string of the molecule is CCOc1cc(CNC(=O)c2cccc(N3CCCCS3(=O)=O)c2)ccc1OC. The van der Waals surface area contributed by atoms with Crippen molar-refractivity contribution in [2.24, 2.45) is 0 Å².